The number of carbonyl (C=O) groups is 1. The summed E-state index contributed by atoms with van der Waals surface area (Å²) in [6.45, 7) is 0. The number of guanidine groups is 1. The van der Waals surface area contributed by atoms with Crippen molar-refractivity contribution in [3.05, 3.63) is 29.3 Å². The number of aromatic nitrogens is 2. The number of hydrogen-bond acceptors (Lipinski definition) is 8. The van der Waals surface area contributed by atoms with Crippen molar-refractivity contribution in [3.8, 4) is 0 Å². The Morgan fingerprint density at radius 3 is 2.62 bits per heavy atom. The number of sulfonamides is 1. The Kier molecular flexibility index (Phi) is 5.77. The van der Waals surface area contributed by atoms with Crippen molar-refractivity contribution in [1.29, 1.82) is 0 Å². The Bertz CT molecular complexity index is 1100. The van der Waals surface area contributed by atoms with Crippen LogP contribution in [0.25, 0.3) is 10.2 Å². The lowest BCUT2D eigenvalue weighted by atomic mass is 10.3. The minimum atomic E-state index is -3.81. The molecule has 26 heavy (non-hydrogen) atoms. The lowest BCUT2D eigenvalue weighted by Gasteiger charge is -1.96. The van der Waals surface area contributed by atoms with Crippen LogP contribution in [0.1, 0.15) is 10.5 Å². The van der Waals surface area contributed by atoms with E-state index in [0.29, 0.717) is 15.3 Å². The second kappa shape index (κ2) is 7.51. The third-order valence-corrected chi connectivity index (χ3v) is 5.44. The monoisotopic (exact) mass is 433 g/mol. The molecule has 0 aliphatic carbocycles. The molecule has 0 fully saturated rings. The van der Waals surface area contributed by atoms with Crippen LogP contribution in [0.15, 0.2) is 33.5 Å². The standard InChI is InChI=1S/C12H11N7O3S3.ClH/c13-10(14)19-11-17-7(4-23-11)9(20)18-12-16-6-2-1-5(25(15,21)22)3-8(6)24-12;/h1-4H,(H2,15,21,22)(H,16,18,20)(H4,13,14,17,19);1H. The van der Waals surface area contributed by atoms with Crippen molar-refractivity contribution in [2.75, 3.05) is 5.32 Å². The molecule has 0 aliphatic heterocycles. The van der Waals surface area contributed by atoms with E-state index in [1.54, 1.807) is 0 Å². The van der Waals surface area contributed by atoms with Gasteiger partial charge in [0.2, 0.25) is 15.2 Å². The van der Waals surface area contributed by atoms with E-state index in [4.69, 9.17) is 16.6 Å². The van der Waals surface area contributed by atoms with Crippen LogP contribution in [-0.4, -0.2) is 30.3 Å². The molecule has 0 saturated heterocycles. The van der Waals surface area contributed by atoms with Crippen LogP contribution in [0.2, 0.25) is 0 Å². The number of anilines is 1. The number of benzene rings is 1. The van der Waals surface area contributed by atoms with E-state index in [-0.39, 0.29) is 34.1 Å². The van der Waals surface area contributed by atoms with Gasteiger partial charge in [-0.05, 0) is 18.2 Å². The van der Waals surface area contributed by atoms with Gasteiger partial charge in [-0.2, -0.15) is 4.99 Å². The second-order valence-corrected chi connectivity index (χ2v) is 8.13. The molecule has 0 bridgehead atoms. The van der Waals surface area contributed by atoms with Crippen LogP contribution in [0, 0.1) is 0 Å². The highest BCUT2D eigenvalue weighted by Gasteiger charge is 2.15. The van der Waals surface area contributed by atoms with Crippen LogP contribution in [-0.2, 0) is 10.0 Å². The first kappa shape index (κ1) is 20.0. The topological polar surface area (TPSA) is 179 Å². The summed E-state index contributed by atoms with van der Waals surface area (Å²) in [7, 11) is -3.81. The zero-order chi connectivity index (χ0) is 18.2. The lowest BCUT2D eigenvalue weighted by molar-refractivity contribution is 0.102. The van der Waals surface area contributed by atoms with Crippen LogP contribution in [0.4, 0.5) is 10.3 Å². The normalized spacial score (nSPS) is 11.0. The molecule has 7 N–H and O–H groups in total. The van der Waals surface area contributed by atoms with Crippen molar-refractivity contribution < 1.29 is 13.2 Å². The number of fused-ring (bicyclic) bond motifs is 1. The summed E-state index contributed by atoms with van der Waals surface area (Å²) < 4.78 is 23.3. The summed E-state index contributed by atoms with van der Waals surface area (Å²) in [5.41, 5.74) is 11.2. The smallest absolute Gasteiger partial charge is 0.276 e. The largest absolute Gasteiger partial charge is 0.370 e. The van der Waals surface area contributed by atoms with Crippen LogP contribution < -0.4 is 21.9 Å². The minimum Gasteiger partial charge on any atom is -0.370 e. The number of hydrogen-bond donors (Lipinski definition) is 4. The van der Waals surface area contributed by atoms with Gasteiger partial charge in [-0.3, -0.25) is 10.1 Å². The summed E-state index contributed by atoms with van der Waals surface area (Å²) >= 11 is 2.22. The van der Waals surface area contributed by atoms with E-state index in [9.17, 15) is 13.2 Å². The van der Waals surface area contributed by atoms with Crippen LogP contribution in [0.5, 0.6) is 0 Å². The lowest BCUT2D eigenvalue weighted by Crippen LogP contribution is -2.21. The molecule has 0 atom stereocenters. The van der Waals surface area contributed by atoms with Crippen molar-refractivity contribution in [1.82, 2.24) is 9.97 Å². The molecule has 0 saturated carbocycles. The molecular formula is C12H12ClN7O3S3. The fraction of sp³-hybridized carbons (Fsp3) is 0. The number of primary sulfonamides is 1. The fourth-order valence-corrected chi connectivity index (χ4v) is 4.03. The number of carbonyl (C=O) groups excluding carboxylic acids is 1. The number of amides is 1. The number of nitrogens with two attached hydrogens (primary N) is 3. The Labute approximate surface area is 161 Å². The van der Waals surface area contributed by atoms with Gasteiger partial charge in [0.15, 0.2) is 11.1 Å². The second-order valence-electron chi connectivity index (χ2n) is 4.70. The van der Waals surface area contributed by atoms with Gasteiger partial charge in [0.05, 0.1) is 15.1 Å². The minimum absolute atomic E-state index is 0. The predicted molar refractivity (Wildman–Crippen MR) is 104 cm³/mol. The van der Waals surface area contributed by atoms with E-state index in [1.807, 2.05) is 0 Å². The average Bonchev–Trinajstić information content (AvgIpc) is 3.10. The molecule has 2 heterocycles. The van der Waals surface area contributed by atoms with E-state index in [0.717, 1.165) is 22.7 Å². The first-order chi connectivity index (χ1) is 11.7. The average molecular weight is 434 g/mol. The van der Waals surface area contributed by atoms with Gasteiger partial charge in [-0.25, -0.2) is 23.5 Å². The zero-order valence-corrected chi connectivity index (χ0v) is 16.0. The summed E-state index contributed by atoms with van der Waals surface area (Å²) in [6, 6.07) is 4.27. The van der Waals surface area contributed by atoms with Gasteiger partial charge in [-0.1, -0.05) is 11.3 Å². The van der Waals surface area contributed by atoms with Crippen molar-refractivity contribution >= 4 is 77.5 Å². The molecule has 1 aromatic carbocycles. The summed E-state index contributed by atoms with van der Waals surface area (Å²) in [5, 5.41) is 9.75. The third-order valence-electron chi connectivity index (χ3n) is 2.86. The molecule has 0 radical (unpaired) electrons. The van der Waals surface area contributed by atoms with Gasteiger partial charge in [0, 0.05) is 5.38 Å². The number of halogens is 1. The molecule has 0 aliphatic rings. The number of nitrogens with zero attached hydrogens (tertiary/aromatic N) is 3. The van der Waals surface area contributed by atoms with E-state index < -0.39 is 15.9 Å². The maximum absolute atomic E-state index is 12.2. The quantitative estimate of drug-likeness (QED) is 0.349. The van der Waals surface area contributed by atoms with Crippen LogP contribution >= 0.6 is 35.1 Å². The maximum atomic E-state index is 12.2. The van der Waals surface area contributed by atoms with Crippen molar-refractivity contribution in [2.24, 2.45) is 21.6 Å². The van der Waals surface area contributed by atoms with Crippen LogP contribution in [0.3, 0.4) is 0 Å². The summed E-state index contributed by atoms with van der Waals surface area (Å²) in [4.78, 5) is 24.1. The molecule has 3 rings (SSSR count). The van der Waals surface area contributed by atoms with E-state index >= 15 is 0 Å². The number of nitrogens with one attached hydrogen (secondary N) is 1. The van der Waals surface area contributed by atoms with Crippen molar-refractivity contribution in [3.63, 3.8) is 0 Å². The third kappa shape index (κ3) is 4.44. The molecule has 10 nitrogen and oxygen atoms in total. The van der Waals surface area contributed by atoms with E-state index in [2.05, 4.69) is 20.3 Å². The Morgan fingerprint density at radius 1 is 1.23 bits per heavy atom. The van der Waals surface area contributed by atoms with Gasteiger partial charge >= 0.3 is 0 Å². The van der Waals surface area contributed by atoms with Gasteiger partial charge in [0.1, 0.15) is 5.69 Å². The molecular weight excluding hydrogens is 422 g/mol. The molecule has 2 aromatic heterocycles. The highest BCUT2D eigenvalue weighted by molar-refractivity contribution is 7.89. The molecule has 0 spiro atoms. The Morgan fingerprint density at radius 2 is 1.96 bits per heavy atom. The molecule has 138 valence electrons. The summed E-state index contributed by atoms with van der Waals surface area (Å²) in [5.74, 6) is -0.642. The molecule has 14 heteroatoms. The molecule has 0 unspecified atom stereocenters. The zero-order valence-electron chi connectivity index (χ0n) is 12.7. The fourth-order valence-electron chi connectivity index (χ4n) is 1.83. The maximum Gasteiger partial charge on any atom is 0.276 e. The first-order valence-corrected chi connectivity index (χ1v) is 9.76. The SMILES string of the molecule is Cl.NC(N)=Nc1nc(C(=O)Nc2nc3ccc(S(N)(=O)=O)cc3s2)cs1. The van der Waals surface area contributed by atoms with Gasteiger partial charge in [-0.15, -0.1) is 23.7 Å². The van der Waals surface area contributed by atoms with Crippen molar-refractivity contribution in [2.45, 2.75) is 4.90 Å². The molecule has 1 amide bonds. The Balaban J connectivity index is 0.00000243. The van der Waals surface area contributed by atoms with E-state index in [1.165, 1.54) is 23.6 Å². The van der Waals surface area contributed by atoms with Gasteiger partial charge < -0.3 is 11.5 Å². The summed E-state index contributed by atoms with van der Waals surface area (Å²) in [6.07, 6.45) is 0. The number of thiazole rings is 2. The highest BCUT2D eigenvalue weighted by Crippen LogP contribution is 2.28. The van der Waals surface area contributed by atoms with Gasteiger partial charge in [0.25, 0.3) is 5.91 Å². The molecule has 3 aromatic rings. The number of rotatable bonds is 4. The predicted octanol–water partition coefficient (Wildman–Crippen LogP) is 0.979. The highest BCUT2D eigenvalue weighted by atomic mass is 35.5. The Hall–Kier alpha value is -2.32. The number of aliphatic imine (C=N–C) groups is 1. The first-order valence-electron chi connectivity index (χ1n) is 6.52.